The summed E-state index contributed by atoms with van der Waals surface area (Å²) in [7, 11) is 0. The molecular formula is C13H26N2O4. The first-order chi connectivity index (χ1) is 9.34. The van der Waals surface area contributed by atoms with Crippen LogP contribution in [-0.2, 0) is 14.2 Å². The second-order valence-corrected chi connectivity index (χ2v) is 5.10. The van der Waals surface area contributed by atoms with E-state index in [2.05, 4.69) is 9.80 Å². The van der Waals surface area contributed by atoms with E-state index >= 15 is 0 Å². The third-order valence-electron chi connectivity index (χ3n) is 3.54. The molecule has 1 unspecified atom stereocenters. The molecule has 2 fully saturated rings. The number of aliphatic hydroxyl groups excluding tert-OH is 1. The smallest absolute Gasteiger partial charge is 0.0900 e. The van der Waals surface area contributed by atoms with Gasteiger partial charge in [0, 0.05) is 39.3 Å². The Labute approximate surface area is 115 Å². The van der Waals surface area contributed by atoms with Gasteiger partial charge in [-0.15, -0.1) is 0 Å². The molecule has 0 aliphatic carbocycles. The van der Waals surface area contributed by atoms with Gasteiger partial charge in [0.2, 0.25) is 0 Å². The number of rotatable bonds is 7. The monoisotopic (exact) mass is 274 g/mol. The van der Waals surface area contributed by atoms with Crippen LogP contribution in [0.25, 0.3) is 0 Å². The van der Waals surface area contributed by atoms with Gasteiger partial charge in [-0.1, -0.05) is 0 Å². The lowest BCUT2D eigenvalue weighted by molar-refractivity contribution is -0.0230. The molecule has 19 heavy (non-hydrogen) atoms. The van der Waals surface area contributed by atoms with Crippen LogP contribution in [0, 0.1) is 0 Å². The van der Waals surface area contributed by atoms with Gasteiger partial charge in [0.15, 0.2) is 0 Å². The van der Waals surface area contributed by atoms with Crippen molar-refractivity contribution < 1.29 is 19.3 Å². The molecule has 2 heterocycles. The molecule has 2 aliphatic rings. The summed E-state index contributed by atoms with van der Waals surface area (Å²) in [5.41, 5.74) is 0. The molecule has 0 saturated carbocycles. The number of morpholine rings is 2. The zero-order valence-corrected chi connectivity index (χ0v) is 11.6. The Morgan fingerprint density at radius 1 is 0.947 bits per heavy atom. The second kappa shape index (κ2) is 8.84. The van der Waals surface area contributed by atoms with Crippen molar-refractivity contribution in [3.8, 4) is 0 Å². The van der Waals surface area contributed by atoms with Gasteiger partial charge in [0.05, 0.1) is 45.7 Å². The van der Waals surface area contributed by atoms with Gasteiger partial charge in [-0.05, 0) is 0 Å². The van der Waals surface area contributed by atoms with Gasteiger partial charge in [-0.2, -0.15) is 0 Å². The van der Waals surface area contributed by atoms with Crippen LogP contribution in [0.2, 0.25) is 0 Å². The first kappa shape index (κ1) is 15.2. The average molecular weight is 274 g/mol. The van der Waals surface area contributed by atoms with Crippen LogP contribution >= 0.6 is 0 Å². The number of hydrogen-bond acceptors (Lipinski definition) is 6. The highest BCUT2D eigenvalue weighted by atomic mass is 16.5. The van der Waals surface area contributed by atoms with Crippen LogP contribution in [0.4, 0.5) is 0 Å². The predicted molar refractivity (Wildman–Crippen MR) is 71.3 cm³/mol. The summed E-state index contributed by atoms with van der Waals surface area (Å²) in [5, 5.41) is 9.90. The van der Waals surface area contributed by atoms with Gasteiger partial charge in [-0.25, -0.2) is 0 Å². The highest BCUT2D eigenvalue weighted by molar-refractivity contribution is 4.67. The lowest BCUT2D eigenvalue weighted by Crippen LogP contribution is -2.42. The molecule has 6 nitrogen and oxygen atoms in total. The number of nitrogens with zero attached hydrogens (tertiary/aromatic N) is 2. The molecule has 1 N–H and O–H groups in total. The number of hydrogen-bond donors (Lipinski definition) is 1. The molecule has 0 spiro atoms. The van der Waals surface area contributed by atoms with Crippen LogP contribution in [0.5, 0.6) is 0 Å². The van der Waals surface area contributed by atoms with E-state index in [1.807, 2.05) is 0 Å². The highest BCUT2D eigenvalue weighted by Crippen LogP contribution is 2.00. The molecule has 2 aliphatic heterocycles. The molecule has 6 heteroatoms. The lowest BCUT2D eigenvalue weighted by atomic mass is 10.3. The maximum atomic E-state index is 9.90. The van der Waals surface area contributed by atoms with Crippen LogP contribution in [-0.4, -0.2) is 99.9 Å². The minimum Gasteiger partial charge on any atom is -0.389 e. The van der Waals surface area contributed by atoms with Crippen molar-refractivity contribution in [1.82, 2.24) is 9.80 Å². The van der Waals surface area contributed by atoms with E-state index in [4.69, 9.17) is 14.2 Å². The molecular weight excluding hydrogens is 248 g/mol. The van der Waals surface area contributed by atoms with E-state index in [1.165, 1.54) is 0 Å². The quantitative estimate of drug-likeness (QED) is 0.603. The van der Waals surface area contributed by atoms with Crippen molar-refractivity contribution in [1.29, 1.82) is 0 Å². The summed E-state index contributed by atoms with van der Waals surface area (Å²) in [4.78, 5) is 4.55. The van der Waals surface area contributed by atoms with Crippen molar-refractivity contribution in [2.24, 2.45) is 0 Å². The SMILES string of the molecule is OC(COCCN1CCOCC1)CN1CCOCC1. The maximum absolute atomic E-state index is 9.90. The Bertz CT molecular complexity index is 231. The van der Waals surface area contributed by atoms with E-state index < -0.39 is 6.10 Å². The van der Waals surface area contributed by atoms with E-state index in [-0.39, 0.29) is 0 Å². The van der Waals surface area contributed by atoms with E-state index in [0.717, 1.165) is 59.2 Å². The van der Waals surface area contributed by atoms with Gasteiger partial charge in [0.1, 0.15) is 0 Å². The molecule has 0 aromatic carbocycles. The fourth-order valence-electron chi connectivity index (χ4n) is 2.37. The third-order valence-corrected chi connectivity index (χ3v) is 3.54. The number of β-amino-alcohol motifs (C(OH)–C–C–N with tert-alkyl or cyclic N) is 1. The van der Waals surface area contributed by atoms with Crippen molar-refractivity contribution in [2.45, 2.75) is 6.10 Å². The Morgan fingerprint density at radius 3 is 2.16 bits per heavy atom. The third kappa shape index (κ3) is 6.16. The van der Waals surface area contributed by atoms with Crippen molar-refractivity contribution >= 4 is 0 Å². The van der Waals surface area contributed by atoms with Gasteiger partial charge >= 0.3 is 0 Å². The molecule has 0 amide bonds. The zero-order chi connectivity index (χ0) is 13.3. The van der Waals surface area contributed by atoms with Crippen molar-refractivity contribution in [3.63, 3.8) is 0 Å². The number of ether oxygens (including phenoxy) is 3. The fraction of sp³-hybridized carbons (Fsp3) is 1.00. The maximum Gasteiger partial charge on any atom is 0.0900 e. The molecule has 0 aromatic rings. The summed E-state index contributed by atoms with van der Waals surface area (Å²) in [6.45, 7) is 9.67. The Morgan fingerprint density at radius 2 is 1.53 bits per heavy atom. The van der Waals surface area contributed by atoms with Gasteiger partial charge in [-0.3, -0.25) is 9.80 Å². The van der Waals surface area contributed by atoms with Crippen LogP contribution in [0.3, 0.4) is 0 Å². The van der Waals surface area contributed by atoms with Crippen molar-refractivity contribution in [3.05, 3.63) is 0 Å². The molecule has 112 valence electrons. The van der Waals surface area contributed by atoms with Gasteiger partial charge < -0.3 is 19.3 Å². The number of aliphatic hydroxyl groups is 1. The molecule has 2 saturated heterocycles. The van der Waals surface area contributed by atoms with Crippen LogP contribution in [0.15, 0.2) is 0 Å². The Kier molecular flexibility index (Phi) is 7.05. The Balaban J connectivity index is 1.47. The molecule has 0 radical (unpaired) electrons. The normalized spacial score (nSPS) is 24.5. The van der Waals surface area contributed by atoms with Crippen LogP contribution < -0.4 is 0 Å². The molecule has 0 aromatic heterocycles. The Hall–Kier alpha value is -0.240. The minimum absolute atomic E-state index is 0.400. The average Bonchev–Trinajstić information content (AvgIpc) is 2.46. The summed E-state index contributed by atoms with van der Waals surface area (Å²) < 4.78 is 16.1. The van der Waals surface area contributed by atoms with Gasteiger partial charge in [0.25, 0.3) is 0 Å². The standard InChI is InChI=1S/C13H26N2O4/c16-13(11-15-4-8-18-9-5-15)12-19-10-3-14-1-6-17-7-2-14/h13,16H,1-12H2. The largest absolute Gasteiger partial charge is 0.389 e. The van der Waals surface area contributed by atoms with Crippen LogP contribution in [0.1, 0.15) is 0 Å². The molecule has 2 rings (SSSR count). The zero-order valence-electron chi connectivity index (χ0n) is 11.6. The second-order valence-electron chi connectivity index (χ2n) is 5.10. The minimum atomic E-state index is -0.400. The first-order valence-corrected chi connectivity index (χ1v) is 7.20. The van der Waals surface area contributed by atoms with E-state index in [1.54, 1.807) is 0 Å². The van der Waals surface area contributed by atoms with E-state index in [9.17, 15) is 5.11 Å². The topological polar surface area (TPSA) is 54.4 Å². The lowest BCUT2D eigenvalue weighted by Gasteiger charge is -2.29. The molecule has 0 bridgehead atoms. The summed E-state index contributed by atoms with van der Waals surface area (Å²) in [6, 6.07) is 0. The summed E-state index contributed by atoms with van der Waals surface area (Å²) in [5.74, 6) is 0. The predicted octanol–water partition coefficient (Wildman–Crippen LogP) is -0.972. The summed E-state index contributed by atoms with van der Waals surface area (Å²) >= 11 is 0. The highest BCUT2D eigenvalue weighted by Gasteiger charge is 2.15. The van der Waals surface area contributed by atoms with E-state index in [0.29, 0.717) is 19.8 Å². The summed E-state index contributed by atoms with van der Waals surface area (Å²) in [6.07, 6.45) is -0.400. The van der Waals surface area contributed by atoms with Crippen molar-refractivity contribution in [2.75, 3.05) is 78.9 Å². The molecule has 1 atom stereocenters. The first-order valence-electron chi connectivity index (χ1n) is 7.20. The fourth-order valence-corrected chi connectivity index (χ4v) is 2.37.